The summed E-state index contributed by atoms with van der Waals surface area (Å²) >= 11 is 0. The lowest BCUT2D eigenvalue weighted by Crippen LogP contribution is -2.42. The molecular formula is C20H19F5N8O. The van der Waals surface area contributed by atoms with Crippen molar-refractivity contribution in [2.24, 2.45) is 5.41 Å². The van der Waals surface area contributed by atoms with Gasteiger partial charge >= 0.3 is 6.18 Å². The van der Waals surface area contributed by atoms with Gasteiger partial charge in [-0.2, -0.15) is 18.3 Å². The van der Waals surface area contributed by atoms with Gasteiger partial charge in [-0.3, -0.25) is 9.69 Å². The van der Waals surface area contributed by atoms with E-state index in [1.807, 2.05) is 4.90 Å². The number of amides is 1. The third-order valence-corrected chi connectivity index (χ3v) is 6.29. The second-order valence-electron chi connectivity index (χ2n) is 8.54. The summed E-state index contributed by atoms with van der Waals surface area (Å²) in [6.07, 6.45) is -1.91. The molecule has 1 spiro atoms. The van der Waals surface area contributed by atoms with Crippen LogP contribution in [0.25, 0.3) is 11.2 Å². The quantitative estimate of drug-likeness (QED) is 0.528. The molecular weight excluding hydrogens is 463 g/mol. The van der Waals surface area contributed by atoms with E-state index in [0.717, 1.165) is 16.9 Å². The number of fused-ring (bicyclic) bond motifs is 1. The first-order valence-electron chi connectivity index (χ1n) is 10.6. The van der Waals surface area contributed by atoms with Crippen LogP contribution in [0.5, 0.6) is 0 Å². The highest BCUT2D eigenvalue weighted by Gasteiger charge is 2.47. The summed E-state index contributed by atoms with van der Waals surface area (Å²) in [7, 11) is 0. The number of anilines is 2. The van der Waals surface area contributed by atoms with E-state index in [1.54, 1.807) is 6.20 Å². The van der Waals surface area contributed by atoms with E-state index in [1.165, 1.54) is 11.1 Å². The molecule has 0 bridgehead atoms. The van der Waals surface area contributed by atoms with Crippen LogP contribution in [-0.4, -0.2) is 61.7 Å². The second-order valence-corrected chi connectivity index (χ2v) is 8.54. The highest BCUT2D eigenvalue weighted by atomic mass is 19.4. The summed E-state index contributed by atoms with van der Waals surface area (Å²) in [5.74, 6) is -0.0478. The Bertz CT molecular complexity index is 1220. The van der Waals surface area contributed by atoms with Crippen molar-refractivity contribution < 1.29 is 26.7 Å². The number of nitrogens with zero attached hydrogens (tertiary/aromatic N) is 8. The molecule has 5 heterocycles. The SMILES string of the molecule is O=C1CC2(CCN(c3cnc4cnn(CC(F)F)c4n3)CC2)CN1c1nccc(C(F)(F)F)n1. The normalized spacial score (nSPS) is 18.6. The molecule has 2 aliphatic rings. The molecule has 14 heteroatoms. The van der Waals surface area contributed by atoms with Crippen LogP contribution in [0.4, 0.5) is 33.7 Å². The van der Waals surface area contributed by atoms with E-state index in [9.17, 15) is 26.7 Å². The molecule has 3 aromatic rings. The molecule has 1 amide bonds. The number of piperidine rings is 1. The molecule has 2 saturated heterocycles. The lowest BCUT2D eigenvalue weighted by molar-refractivity contribution is -0.141. The van der Waals surface area contributed by atoms with Crippen LogP contribution >= 0.6 is 0 Å². The smallest absolute Gasteiger partial charge is 0.355 e. The molecule has 34 heavy (non-hydrogen) atoms. The number of halogens is 5. The fraction of sp³-hybridized carbons (Fsp3) is 0.500. The Labute approximate surface area is 189 Å². The number of hydrogen-bond acceptors (Lipinski definition) is 7. The van der Waals surface area contributed by atoms with Crippen molar-refractivity contribution in [3.05, 3.63) is 30.4 Å². The minimum atomic E-state index is -4.63. The summed E-state index contributed by atoms with van der Waals surface area (Å²) in [6, 6.07) is 0.767. The Morgan fingerprint density at radius 2 is 1.85 bits per heavy atom. The van der Waals surface area contributed by atoms with Gasteiger partial charge in [0, 0.05) is 37.7 Å². The van der Waals surface area contributed by atoms with Gasteiger partial charge in [0.15, 0.2) is 5.65 Å². The highest BCUT2D eigenvalue weighted by Crippen LogP contribution is 2.43. The minimum Gasteiger partial charge on any atom is -0.355 e. The second kappa shape index (κ2) is 8.09. The molecule has 0 radical (unpaired) electrons. The van der Waals surface area contributed by atoms with E-state index >= 15 is 0 Å². The summed E-state index contributed by atoms with van der Waals surface area (Å²) < 4.78 is 65.8. The van der Waals surface area contributed by atoms with Crippen molar-refractivity contribution in [1.82, 2.24) is 29.7 Å². The monoisotopic (exact) mass is 482 g/mol. The highest BCUT2D eigenvalue weighted by molar-refractivity contribution is 5.94. The predicted molar refractivity (Wildman–Crippen MR) is 109 cm³/mol. The molecule has 0 saturated carbocycles. The summed E-state index contributed by atoms with van der Waals surface area (Å²) in [5, 5.41) is 3.91. The zero-order chi connectivity index (χ0) is 24.1. The van der Waals surface area contributed by atoms with E-state index in [4.69, 9.17) is 0 Å². The molecule has 180 valence electrons. The Hall–Kier alpha value is -3.45. The molecule has 0 aliphatic carbocycles. The van der Waals surface area contributed by atoms with Crippen LogP contribution in [0.1, 0.15) is 25.0 Å². The largest absolute Gasteiger partial charge is 0.433 e. The maximum absolute atomic E-state index is 13.0. The third-order valence-electron chi connectivity index (χ3n) is 6.29. The number of carbonyl (C=O) groups is 1. The van der Waals surface area contributed by atoms with E-state index in [0.29, 0.717) is 37.3 Å². The standard InChI is InChI=1S/C20H19F5N8O/c21-14(22)10-33-17-12(8-28-33)27-9-15(30-17)31-5-2-19(3-6-31)7-16(34)32(11-19)18-26-4-1-13(29-18)20(23,24)25/h1,4,8-9,14H,2-3,5-7,10-11H2. The average molecular weight is 482 g/mol. The number of rotatable bonds is 4. The Morgan fingerprint density at radius 3 is 2.56 bits per heavy atom. The van der Waals surface area contributed by atoms with Gasteiger partial charge in [-0.1, -0.05) is 0 Å². The van der Waals surface area contributed by atoms with Crippen LogP contribution in [0.3, 0.4) is 0 Å². The molecule has 9 nitrogen and oxygen atoms in total. The summed E-state index contributed by atoms with van der Waals surface area (Å²) in [6.45, 7) is 0.689. The Morgan fingerprint density at radius 1 is 1.09 bits per heavy atom. The van der Waals surface area contributed by atoms with E-state index < -0.39 is 30.3 Å². The Balaban J connectivity index is 1.30. The van der Waals surface area contributed by atoms with Crippen LogP contribution < -0.4 is 9.80 Å². The maximum atomic E-state index is 13.0. The van der Waals surface area contributed by atoms with Gasteiger partial charge in [-0.25, -0.2) is 33.4 Å². The topological polar surface area (TPSA) is 92.9 Å². The summed E-state index contributed by atoms with van der Waals surface area (Å²) in [4.78, 5) is 32.0. The van der Waals surface area contributed by atoms with Crippen LogP contribution in [0.2, 0.25) is 0 Å². The van der Waals surface area contributed by atoms with Crippen molar-refractivity contribution in [2.45, 2.75) is 38.4 Å². The molecule has 3 aromatic heterocycles. The van der Waals surface area contributed by atoms with Gasteiger partial charge in [-0.15, -0.1) is 0 Å². The maximum Gasteiger partial charge on any atom is 0.433 e. The van der Waals surface area contributed by atoms with Gasteiger partial charge in [0.1, 0.15) is 23.6 Å². The van der Waals surface area contributed by atoms with Gasteiger partial charge < -0.3 is 4.90 Å². The third kappa shape index (κ3) is 4.12. The van der Waals surface area contributed by atoms with Crippen LogP contribution in [0, 0.1) is 5.41 Å². The molecule has 5 rings (SSSR count). The lowest BCUT2D eigenvalue weighted by atomic mass is 9.77. The van der Waals surface area contributed by atoms with Crippen molar-refractivity contribution in [3.63, 3.8) is 0 Å². The average Bonchev–Trinajstić information content (AvgIpc) is 3.33. The first kappa shape index (κ1) is 22.3. The van der Waals surface area contributed by atoms with E-state index in [2.05, 4.69) is 25.0 Å². The lowest BCUT2D eigenvalue weighted by Gasteiger charge is -2.39. The fourth-order valence-electron chi connectivity index (χ4n) is 4.52. The first-order valence-corrected chi connectivity index (χ1v) is 10.6. The van der Waals surface area contributed by atoms with Gasteiger partial charge in [0.25, 0.3) is 6.43 Å². The number of alkyl halides is 5. The number of hydrogen-bond donors (Lipinski definition) is 0. The zero-order valence-electron chi connectivity index (χ0n) is 17.7. The van der Waals surface area contributed by atoms with Crippen molar-refractivity contribution >= 4 is 28.8 Å². The Kier molecular flexibility index (Phi) is 5.32. The fourth-order valence-corrected chi connectivity index (χ4v) is 4.52. The van der Waals surface area contributed by atoms with Crippen LogP contribution in [0.15, 0.2) is 24.7 Å². The van der Waals surface area contributed by atoms with Gasteiger partial charge in [0.2, 0.25) is 11.9 Å². The number of aromatic nitrogens is 6. The summed E-state index contributed by atoms with van der Waals surface area (Å²) in [5.41, 5.74) is -0.834. The molecule has 0 atom stereocenters. The van der Waals surface area contributed by atoms with Crippen molar-refractivity contribution in [1.29, 1.82) is 0 Å². The molecule has 0 unspecified atom stereocenters. The predicted octanol–water partition coefficient (Wildman–Crippen LogP) is 2.92. The van der Waals surface area contributed by atoms with Crippen LogP contribution in [-0.2, 0) is 17.5 Å². The van der Waals surface area contributed by atoms with Gasteiger partial charge in [0.05, 0.1) is 12.4 Å². The zero-order valence-corrected chi connectivity index (χ0v) is 17.7. The van der Waals surface area contributed by atoms with E-state index in [-0.39, 0.29) is 30.5 Å². The molecule has 2 fully saturated rings. The molecule has 0 aromatic carbocycles. The molecule has 2 aliphatic heterocycles. The van der Waals surface area contributed by atoms with Crippen molar-refractivity contribution in [3.8, 4) is 0 Å². The number of carbonyl (C=O) groups excluding carboxylic acids is 1. The van der Waals surface area contributed by atoms with Gasteiger partial charge in [-0.05, 0) is 18.9 Å². The minimum absolute atomic E-state index is 0.187. The first-order chi connectivity index (χ1) is 16.1. The molecule has 0 N–H and O–H groups in total. The van der Waals surface area contributed by atoms with Crippen molar-refractivity contribution in [2.75, 3.05) is 29.4 Å².